The van der Waals surface area contributed by atoms with Crippen molar-refractivity contribution in [3.8, 4) is 22.4 Å². The van der Waals surface area contributed by atoms with Crippen LogP contribution in [0.25, 0.3) is 43.9 Å². The van der Waals surface area contributed by atoms with Gasteiger partial charge in [-0.1, -0.05) is 60.7 Å². The summed E-state index contributed by atoms with van der Waals surface area (Å²) in [5.41, 5.74) is 6.35. The Hall–Kier alpha value is -3.45. The van der Waals surface area contributed by atoms with Gasteiger partial charge in [0.2, 0.25) is 5.69 Å². The quantitative estimate of drug-likeness (QED) is 0.251. The lowest BCUT2D eigenvalue weighted by molar-refractivity contribution is -0.660. The molecule has 5 aromatic rings. The molecule has 0 spiro atoms. The first kappa shape index (κ1) is 16.7. The fourth-order valence-electron chi connectivity index (χ4n) is 4.21. The molecule has 5 rings (SSSR count). The van der Waals surface area contributed by atoms with Gasteiger partial charge < -0.3 is 0 Å². The summed E-state index contributed by atoms with van der Waals surface area (Å²) in [6.07, 6.45) is 2.10. The predicted molar refractivity (Wildman–Crippen MR) is 118 cm³/mol. The van der Waals surface area contributed by atoms with Crippen molar-refractivity contribution in [2.45, 2.75) is 6.92 Å². The molecule has 1 heterocycles. The zero-order valence-electron chi connectivity index (χ0n) is 16.2. The lowest BCUT2D eigenvalue weighted by atomic mass is 9.91. The third-order valence-electron chi connectivity index (χ3n) is 5.64. The van der Waals surface area contributed by atoms with Crippen LogP contribution in [0.3, 0.4) is 0 Å². The van der Waals surface area contributed by atoms with Crippen LogP contribution in [0.4, 0.5) is 0 Å². The fraction of sp³-hybridized carbons (Fsp3) is 0.0741. The third-order valence-corrected chi connectivity index (χ3v) is 5.64. The van der Waals surface area contributed by atoms with Crippen molar-refractivity contribution in [3.63, 3.8) is 0 Å². The number of benzene rings is 4. The standard InChI is InChI=1S/C27H22N/c1-19-17-21(14-15-22(19)27-13-7-8-16-28(27)2)26-18-20-9-3-4-10-23(20)24-11-5-6-12-25(24)26/h3-18H,1-2H3/q+1. The van der Waals surface area contributed by atoms with Gasteiger partial charge in [0, 0.05) is 17.7 Å². The second-order valence-electron chi connectivity index (χ2n) is 7.42. The van der Waals surface area contributed by atoms with E-state index in [0.717, 1.165) is 0 Å². The summed E-state index contributed by atoms with van der Waals surface area (Å²) in [5.74, 6) is 0. The highest BCUT2D eigenvalue weighted by atomic mass is 14.9. The molecule has 28 heavy (non-hydrogen) atoms. The molecule has 0 unspecified atom stereocenters. The SMILES string of the molecule is Cc1cc(-c2cc3ccccc3c3ccccc23)ccc1-c1cccc[n+]1C. The van der Waals surface area contributed by atoms with E-state index in [2.05, 4.69) is 116 Å². The minimum Gasteiger partial charge on any atom is -0.201 e. The number of aromatic nitrogens is 1. The number of fused-ring (bicyclic) bond motifs is 3. The van der Waals surface area contributed by atoms with E-state index in [9.17, 15) is 0 Å². The first-order valence-corrected chi connectivity index (χ1v) is 9.69. The second-order valence-corrected chi connectivity index (χ2v) is 7.42. The van der Waals surface area contributed by atoms with Crippen LogP contribution < -0.4 is 4.57 Å². The minimum atomic E-state index is 1.23. The molecule has 4 aromatic carbocycles. The monoisotopic (exact) mass is 360 g/mol. The lowest BCUT2D eigenvalue weighted by Crippen LogP contribution is -2.30. The molecule has 1 nitrogen and oxygen atoms in total. The van der Waals surface area contributed by atoms with Gasteiger partial charge in [-0.25, -0.2) is 4.57 Å². The molecule has 134 valence electrons. The highest BCUT2D eigenvalue weighted by Crippen LogP contribution is 2.36. The number of rotatable bonds is 2. The van der Waals surface area contributed by atoms with Gasteiger partial charge in [-0.05, 0) is 63.4 Å². The molecule has 1 heteroatoms. The second kappa shape index (κ2) is 6.61. The van der Waals surface area contributed by atoms with Crippen LogP contribution in [0.5, 0.6) is 0 Å². The number of aryl methyl sites for hydroxylation is 2. The van der Waals surface area contributed by atoms with E-state index in [1.54, 1.807) is 0 Å². The summed E-state index contributed by atoms with van der Waals surface area (Å²) in [4.78, 5) is 0. The number of hydrogen-bond acceptors (Lipinski definition) is 0. The van der Waals surface area contributed by atoms with E-state index >= 15 is 0 Å². The Morgan fingerprint density at radius 3 is 2.11 bits per heavy atom. The van der Waals surface area contributed by atoms with Gasteiger partial charge in [0.25, 0.3) is 0 Å². The molecule has 0 saturated carbocycles. The van der Waals surface area contributed by atoms with Gasteiger partial charge in [0.1, 0.15) is 7.05 Å². The molecule has 0 saturated heterocycles. The van der Waals surface area contributed by atoms with E-state index < -0.39 is 0 Å². The van der Waals surface area contributed by atoms with Gasteiger partial charge in [-0.3, -0.25) is 0 Å². The molecular formula is C27H22N+. The molecule has 0 N–H and O–H groups in total. The topological polar surface area (TPSA) is 3.88 Å². The van der Waals surface area contributed by atoms with E-state index in [1.165, 1.54) is 49.5 Å². The van der Waals surface area contributed by atoms with Crippen LogP contribution in [-0.4, -0.2) is 0 Å². The maximum atomic E-state index is 2.33. The van der Waals surface area contributed by atoms with Crippen molar-refractivity contribution >= 4 is 21.5 Å². The Bertz CT molecular complexity index is 1330. The van der Waals surface area contributed by atoms with Crippen LogP contribution in [0.2, 0.25) is 0 Å². The minimum absolute atomic E-state index is 1.23. The molecule has 0 atom stereocenters. The largest absolute Gasteiger partial charge is 0.212 e. The summed E-state index contributed by atoms with van der Waals surface area (Å²) in [7, 11) is 2.10. The molecule has 1 aromatic heterocycles. The van der Waals surface area contributed by atoms with E-state index in [0.29, 0.717) is 0 Å². The highest BCUT2D eigenvalue weighted by molar-refractivity contribution is 6.13. The van der Waals surface area contributed by atoms with Crippen molar-refractivity contribution in [1.82, 2.24) is 0 Å². The summed E-state index contributed by atoms with van der Waals surface area (Å²) in [6.45, 7) is 2.20. The zero-order valence-corrected chi connectivity index (χ0v) is 16.2. The number of nitrogens with zero attached hydrogens (tertiary/aromatic N) is 1. The molecule has 0 aliphatic rings. The highest BCUT2D eigenvalue weighted by Gasteiger charge is 2.14. The van der Waals surface area contributed by atoms with Crippen LogP contribution in [0.1, 0.15) is 5.56 Å². The zero-order chi connectivity index (χ0) is 19.1. The van der Waals surface area contributed by atoms with Crippen molar-refractivity contribution in [2.75, 3.05) is 0 Å². The van der Waals surface area contributed by atoms with Crippen LogP contribution in [0, 0.1) is 6.92 Å². The maximum Gasteiger partial charge on any atom is 0.212 e. The van der Waals surface area contributed by atoms with Crippen LogP contribution in [0.15, 0.2) is 97.2 Å². The molecule has 0 fully saturated rings. The average Bonchev–Trinajstić information content (AvgIpc) is 2.74. The van der Waals surface area contributed by atoms with Crippen molar-refractivity contribution in [3.05, 3.63) is 103 Å². The average molecular weight is 360 g/mol. The van der Waals surface area contributed by atoms with Crippen molar-refractivity contribution < 1.29 is 4.57 Å². The Balaban J connectivity index is 1.74. The number of hydrogen-bond donors (Lipinski definition) is 0. The van der Waals surface area contributed by atoms with Crippen LogP contribution >= 0.6 is 0 Å². The lowest BCUT2D eigenvalue weighted by Gasteiger charge is -2.13. The third kappa shape index (κ3) is 2.68. The van der Waals surface area contributed by atoms with Gasteiger partial charge in [0.15, 0.2) is 6.20 Å². The Kier molecular flexibility index (Phi) is 3.95. The fourth-order valence-corrected chi connectivity index (χ4v) is 4.21. The predicted octanol–water partition coefficient (Wildman–Crippen LogP) is 6.46. The Morgan fingerprint density at radius 1 is 0.607 bits per heavy atom. The maximum absolute atomic E-state index is 2.33. The summed E-state index contributed by atoms with van der Waals surface area (Å²) in [5, 5.41) is 5.21. The van der Waals surface area contributed by atoms with E-state index in [4.69, 9.17) is 0 Å². The van der Waals surface area contributed by atoms with E-state index in [-0.39, 0.29) is 0 Å². The number of pyridine rings is 1. The smallest absolute Gasteiger partial charge is 0.201 e. The van der Waals surface area contributed by atoms with Crippen molar-refractivity contribution in [2.24, 2.45) is 7.05 Å². The van der Waals surface area contributed by atoms with Gasteiger partial charge in [0.05, 0.1) is 0 Å². The van der Waals surface area contributed by atoms with Gasteiger partial charge in [-0.15, -0.1) is 0 Å². The molecule has 0 radical (unpaired) electrons. The Labute approximate surface area is 165 Å². The summed E-state index contributed by atoms with van der Waals surface area (Å²) >= 11 is 0. The van der Waals surface area contributed by atoms with Crippen LogP contribution in [-0.2, 0) is 7.05 Å². The van der Waals surface area contributed by atoms with Gasteiger partial charge >= 0.3 is 0 Å². The van der Waals surface area contributed by atoms with Gasteiger partial charge in [-0.2, -0.15) is 0 Å². The summed E-state index contributed by atoms with van der Waals surface area (Å²) in [6, 6.07) is 32.9. The van der Waals surface area contributed by atoms with Crippen molar-refractivity contribution in [1.29, 1.82) is 0 Å². The molecular weight excluding hydrogens is 338 g/mol. The molecule has 0 bridgehead atoms. The summed E-state index contributed by atoms with van der Waals surface area (Å²) < 4.78 is 2.17. The first-order valence-electron chi connectivity index (χ1n) is 9.69. The Morgan fingerprint density at radius 2 is 1.32 bits per heavy atom. The van der Waals surface area contributed by atoms with E-state index in [1.807, 2.05) is 0 Å². The normalized spacial score (nSPS) is 11.2. The molecule has 0 aliphatic heterocycles. The molecule has 0 amide bonds. The molecule has 0 aliphatic carbocycles. The first-order chi connectivity index (χ1) is 13.7.